The van der Waals surface area contributed by atoms with Gasteiger partial charge in [0.2, 0.25) is 5.78 Å². The van der Waals surface area contributed by atoms with Gasteiger partial charge in [-0.3, -0.25) is 4.79 Å². The molecule has 0 radical (unpaired) electrons. The Hall–Kier alpha value is -2.59. The van der Waals surface area contributed by atoms with E-state index in [-0.39, 0.29) is 12.4 Å². The fourth-order valence-electron chi connectivity index (χ4n) is 3.16. The number of carbonyl (C=O) groups excluding carboxylic acids is 2. The number of allylic oxidation sites excluding steroid dienone is 1. The van der Waals surface area contributed by atoms with Gasteiger partial charge in [0.15, 0.2) is 6.10 Å². The summed E-state index contributed by atoms with van der Waals surface area (Å²) in [5.41, 5.74) is 1.70. The summed E-state index contributed by atoms with van der Waals surface area (Å²) in [6.45, 7) is 3.68. The lowest BCUT2D eigenvalue weighted by atomic mass is 9.84. The lowest BCUT2D eigenvalue weighted by molar-refractivity contribution is -0.138. The fraction of sp³-hybridized carbons (Fsp3) is 0.238. The molecule has 2 aromatic rings. The summed E-state index contributed by atoms with van der Waals surface area (Å²) in [5.74, 6) is -0.769. The van der Waals surface area contributed by atoms with Crippen molar-refractivity contribution in [3.8, 4) is 0 Å². The highest BCUT2D eigenvalue weighted by Gasteiger charge is 2.44. The Morgan fingerprint density at radius 2 is 1.73 bits per heavy atom. The van der Waals surface area contributed by atoms with Crippen LogP contribution < -0.4 is 0 Å². The molecule has 4 nitrogen and oxygen atoms in total. The lowest BCUT2D eigenvalue weighted by Crippen LogP contribution is -2.29. The van der Waals surface area contributed by atoms with E-state index in [1.807, 2.05) is 6.07 Å². The molecular formula is C21H19ClO4. The number of ether oxygens (including phenoxy) is 2. The Kier molecular flexibility index (Phi) is 5.43. The SMILES string of the molecule is CCOC(=O)C1=C(C)O[C@@H](C(=O)c2ccccc2)[C@@H]1c1ccc(Cl)cc1. The molecule has 2 atom stereocenters. The van der Waals surface area contributed by atoms with E-state index in [2.05, 4.69) is 0 Å². The van der Waals surface area contributed by atoms with Crippen LogP contribution in [0.3, 0.4) is 0 Å². The van der Waals surface area contributed by atoms with Crippen molar-refractivity contribution < 1.29 is 19.1 Å². The second-order valence-corrected chi connectivity index (χ2v) is 6.42. The van der Waals surface area contributed by atoms with Crippen LogP contribution in [0, 0.1) is 0 Å². The molecule has 0 bridgehead atoms. The summed E-state index contributed by atoms with van der Waals surface area (Å²) in [7, 11) is 0. The third-order valence-electron chi connectivity index (χ3n) is 4.34. The zero-order chi connectivity index (χ0) is 18.7. The van der Waals surface area contributed by atoms with Crippen LogP contribution in [0.15, 0.2) is 65.9 Å². The normalized spacial score (nSPS) is 19.2. The smallest absolute Gasteiger partial charge is 0.338 e. The Bertz CT molecular complexity index is 840. The Morgan fingerprint density at radius 3 is 2.35 bits per heavy atom. The Labute approximate surface area is 157 Å². The lowest BCUT2D eigenvalue weighted by Gasteiger charge is -2.20. The van der Waals surface area contributed by atoms with E-state index in [9.17, 15) is 9.59 Å². The molecule has 1 aliphatic heterocycles. The van der Waals surface area contributed by atoms with Crippen molar-refractivity contribution in [2.24, 2.45) is 0 Å². The highest BCUT2D eigenvalue weighted by molar-refractivity contribution is 6.30. The number of carbonyl (C=O) groups is 2. The number of hydrogen-bond donors (Lipinski definition) is 0. The van der Waals surface area contributed by atoms with E-state index in [1.54, 1.807) is 62.4 Å². The molecule has 0 spiro atoms. The molecule has 0 saturated heterocycles. The topological polar surface area (TPSA) is 52.6 Å². The van der Waals surface area contributed by atoms with Crippen molar-refractivity contribution in [3.63, 3.8) is 0 Å². The van der Waals surface area contributed by atoms with Gasteiger partial charge in [-0.05, 0) is 31.5 Å². The number of hydrogen-bond acceptors (Lipinski definition) is 4. The molecule has 0 amide bonds. The number of esters is 1. The van der Waals surface area contributed by atoms with Crippen LogP contribution in [-0.4, -0.2) is 24.5 Å². The first-order chi connectivity index (χ1) is 12.5. The minimum absolute atomic E-state index is 0.177. The van der Waals surface area contributed by atoms with Crippen LogP contribution in [0.2, 0.25) is 5.02 Å². The third-order valence-corrected chi connectivity index (χ3v) is 4.59. The zero-order valence-corrected chi connectivity index (χ0v) is 15.3. The van der Waals surface area contributed by atoms with Crippen LogP contribution in [-0.2, 0) is 14.3 Å². The fourth-order valence-corrected chi connectivity index (χ4v) is 3.28. The maximum atomic E-state index is 13.0. The summed E-state index contributed by atoms with van der Waals surface area (Å²) < 4.78 is 11.0. The predicted octanol–water partition coefficient (Wildman–Crippen LogP) is 4.54. The molecule has 2 aromatic carbocycles. The largest absolute Gasteiger partial charge is 0.485 e. The number of rotatable bonds is 5. The maximum absolute atomic E-state index is 13.0. The molecule has 0 aromatic heterocycles. The molecule has 134 valence electrons. The molecule has 0 fully saturated rings. The Morgan fingerprint density at radius 1 is 1.08 bits per heavy atom. The third kappa shape index (κ3) is 3.51. The number of halogens is 1. The summed E-state index contributed by atoms with van der Waals surface area (Å²) >= 11 is 5.99. The van der Waals surface area contributed by atoms with Gasteiger partial charge in [-0.2, -0.15) is 0 Å². The van der Waals surface area contributed by atoms with Gasteiger partial charge in [-0.1, -0.05) is 54.1 Å². The molecule has 1 aliphatic rings. The van der Waals surface area contributed by atoms with Crippen molar-refractivity contribution in [2.75, 3.05) is 6.61 Å². The van der Waals surface area contributed by atoms with Crippen molar-refractivity contribution in [1.82, 2.24) is 0 Å². The van der Waals surface area contributed by atoms with Crippen LogP contribution in [0.1, 0.15) is 35.7 Å². The van der Waals surface area contributed by atoms with Gasteiger partial charge in [0.05, 0.1) is 18.1 Å². The number of benzene rings is 2. The van der Waals surface area contributed by atoms with Gasteiger partial charge in [0, 0.05) is 10.6 Å². The van der Waals surface area contributed by atoms with E-state index < -0.39 is 18.0 Å². The summed E-state index contributed by atoms with van der Waals surface area (Å²) in [6.07, 6.45) is -0.821. The monoisotopic (exact) mass is 370 g/mol. The van der Waals surface area contributed by atoms with Gasteiger partial charge < -0.3 is 9.47 Å². The average Bonchev–Trinajstić information content (AvgIpc) is 3.00. The van der Waals surface area contributed by atoms with Gasteiger partial charge in [0.25, 0.3) is 0 Å². The van der Waals surface area contributed by atoms with Crippen LogP contribution in [0.5, 0.6) is 0 Å². The summed E-state index contributed by atoms with van der Waals surface area (Å²) in [6, 6.07) is 16.0. The molecule has 3 rings (SSSR count). The van der Waals surface area contributed by atoms with E-state index in [0.29, 0.717) is 21.9 Å². The van der Waals surface area contributed by atoms with Crippen molar-refractivity contribution >= 4 is 23.4 Å². The molecule has 5 heteroatoms. The molecular weight excluding hydrogens is 352 g/mol. The molecule has 0 N–H and O–H groups in total. The summed E-state index contributed by atoms with van der Waals surface area (Å²) in [4.78, 5) is 25.6. The van der Waals surface area contributed by atoms with Crippen LogP contribution in [0.4, 0.5) is 0 Å². The maximum Gasteiger partial charge on any atom is 0.338 e. The highest BCUT2D eigenvalue weighted by atomic mass is 35.5. The molecule has 0 saturated carbocycles. The second-order valence-electron chi connectivity index (χ2n) is 5.99. The highest BCUT2D eigenvalue weighted by Crippen LogP contribution is 2.41. The van der Waals surface area contributed by atoms with E-state index in [0.717, 1.165) is 5.56 Å². The van der Waals surface area contributed by atoms with E-state index in [4.69, 9.17) is 21.1 Å². The minimum atomic E-state index is -0.821. The van der Waals surface area contributed by atoms with Gasteiger partial charge in [-0.15, -0.1) is 0 Å². The van der Waals surface area contributed by atoms with Crippen molar-refractivity contribution in [1.29, 1.82) is 0 Å². The zero-order valence-electron chi connectivity index (χ0n) is 14.6. The predicted molar refractivity (Wildman–Crippen MR) is 99.2 cm³/mol. The van der Waals surface area contributed by atoms with Crippen molar-refractivity contribution in [2.45, 2.75) is 25.9 Å². The van der Waals surface area contributed by atoms with Gasteiger partial charge in [-0.25, -0.2) is 4.79 Å². The second kappa shape index (κ2) is 7.75. The standard InChI is InChI=1S/C21H19ClO4/c1-3-25-21(24)17-13(2)26-20(19(23)15-7-5-4-6-8-15)18(17)14-9-11-16(22)12-10-14/h4-12,18,20H,3H2,1-2H3/t18-,20-/m1/s1. The van der Waals surface area contributed by atoms with Gasteiger partial charge in [0.1, 0.15) is 5.76 Å². The quantitative estimate of drug-likeness (QED) is 0.572. The van der Waals surface area contributed by atoms with Gasteiger partial charge >= 0.3 is 5.97 Å². The molecule has 26 heavy (non-hydrogen) atoms. The first kappa shape index (κ1) is 18.2. The Balaban J connectivity index is 2.03. The minimum Gasteiger partial charge on any atom is -0.485 e. The molecule has 0 unspecified atom stereocenters. The molecule has 1 heterocycles. The number of Topliss-reactive ketones (excluding diaryl/α,β-unsaturated/α-hetero) is 1. The number of ketones is 1. The first-order valence-corrected chi connectivity index (χ1v) is 8.80. The average molecular weight is 371 g/mol. The summed E-state index contributed by atoms with van der Waals surface area (Å²) in [5, 5.41) is 0.581. The van der Waals surface area contributed by atoms with Crippen molar-refractivity contribution in [3.05, 3.63) is 82.1 Å². The van der Waals surface area contributed by atoms with E-state index in [1.165, 1.54) is 0 Å². The first-order valence-electron chi connectivity index (χ1n) is 8.42. The molecule has 0 aliphatic carbocycles. The van der Waals surface area contributed by atoms with E-state index >= 15 is 0 Å². The van der Waals surface area contributed by atoms with Crippen LogP contribution >= 0.6 is 11.6 Å². The van der Waals surface area contributed by atoms with Crippen LogP contribution in [0.25, 0.3) is 0 Å².